The molecule has 98 valence electrons. The van der Waals surface area contributed by atoms with E-state index in [0.717, 1.165) is 19.6 Å². The first-order valence-electron chi connectivity index (χ1n) is 6.58. The van der Waals surface area contributed by atoms with Crippen LogP contribution in [0.25, 0.3) is 0 Å². The molecule has 0 saturated carbocycles. The first kappa shape index (κ1) is 15.9. The van der Waals surface area contributed by atoms with Crippen LogP contribution >= 0.6 is 0 Å². The predicted octanol–water partition coefficient (Wildman–Crippen LogP) is 1.86. The zero-order chi connectivity index (χ0) is 12.6. The lowest BCUT2D eigenvalue weighted by Gasteiger charge is -2.36. The van der Waals surface area contributed by atoms with Crippen LogP contribution in [0.3, 0.4) is 0 Å². The highest BCUT2D eigenvalue weighted by Gasteiger charge is 2.26. The van der Waals surface area contributed by atoms with Crippen LogP contribution in [0.4, 0.5) is 0 Å². The largest absolute Gasteiger partial charge is 0.394 e. The van der Waals surface area contributed by atoms with E-state index in [4.69, 9.17) is 0 Å². The summed E-state index contributed by atoms with van der Waals surface area (Å²) in [7, 11) is 0. The molecule has 0 spiro atoms. The third-order valence-electron chi connectivity index (χ3n) is 2.64. The van der Waals surface area contributed by atoms with Crippen molar-refractivity contribution in [2.75, 3.05) is 26.2 Å². The number of aliphatic hydroxyl groups excluding tert-OH is 1. The average molecular weight is 230 g/mol. The van der Waals surface area contributed by atoms with E-state index < -0.39 is 0 Å². The zero-order valence-electron chi connectivity index (χ0n) is 11.7. The molecule has 16 heavy (non-hydrogen) atoms. The lowest BCUT2D eigenvalue weighted by molar-refractivity contribution is 0.113. The van der Waals surface area contributed by atoms with Gasteiger partial charge < -0.3 is 15.3 Å². The van der Waals surface area contributed by atoms with E-state index >= 15 is 0 Å². The standard InChI is InChI=1S/C13H30N2O/c1-6-8-15(9-7-2)10-13(5,11-16)14-12(3)4/h12,14,16H,6-11H2,1-5H3. The Kier molecular flexibility index (Phi) is 7.98. The molecular formula is C13H30N2O. The first-order chi connectivity index (χ1) is 7.47. The Balaban J connectivity index is 4.33. The van der Waals surface area contributed by atoms with Gasteiger partial charge in [-0.25, -0.2) is 0 Å². The van der Waals surface area contributed by atoms with Crippen LogP contribution in [-0.4, -0.2) is 47.8 Å². The molecule has 0 rings (SSSR count). The monoisotopic (exact) mass is 230 g/mol. The van der Waals surface area contributed by atoms with Crippen molar-refractivity contribution in [2.24, 2.45) is 0 Å². The van der Waals surface area contributed by atoms with Gasteiger partial charge in [0.2, 0.25) is 0 Å². The molecule has 0 aliphatic heterocycles. The van der Waals surface area contributed by atoms with Gasteiger partial charge in [0.25, 0.3) is 0 Å². The van der Waals surface area contributed by atoms with Gasteiger partial charge >= 0.3 is 0 Å². The summed E-state index contributed by atoms with van der Waals surface area (Å²) in [6.45, 7) is 14.1. The fourth-order valence-corrected chi connectivity index (χ4v) is 2.23. The Labute approximate surface area is 101 Å². The molecule has 0 heterocycles. The fourth-order valence-electron chi connectivity index (χ4n) is 2.23. The molecule has 0 aromatic heterocycles. The third kappa shape index (κ3) is 6.46. The molecule has 0 aromatic rings. The molecule has 0 saturated heterocycles. The summed E-state index contributed by atoms with van der Waals surface area (Å²) >= 11 is 0. The molecule has 3 heteroatoms. The Bertz CT molecular complexity index is 167. The average Bonchev–Trinajstić information content (AvgIpc) is 2.17. The highest BCUT2D eigenvalue weighted by Crippen LogP contribution is 2.09. The van der Waals surface area contributed by atoms with Crippen molar-refractivity contribution in [1.29, 1.82) is 0 Å². The van der Waals surface area contributed by atoms with Crippen molar-refractivity contribution in [1.82, 2.24) is 10.2 Å². The highest BCUT2D eigenvalue weighted by molar-refractivity contribution is 4.87. The van der Waals surface area contributed by atoms with E-state index in [1.807, 2.05) is 0 Å². The highest BCUT2D eigenvalue weighted by atomic mass is 16.3. The van der Waals surface area contributed by atoms with E-state index in [9.17, 15) is 5.11 Å². The van der Waals surface area contributed by atoms with Crippen molar-refractivity contribution in [3.8, 4) is 0 Å². The molecule has 0 amide bonds. The minimum Gasteiger partial charge on any atom is -0.394 e. The molecule has 2 N–H and O–H groups in total. The lowest BCUT2D eigenvalue weighted by atomic mass is 10.0. The number of aliphatic hydroxyl groups is 1. The maximum atomic E-state index is 9.53. The van der Waals surface area contributed by atoms with Crippen LogP contribution < -0.4 is 5.32 Å². The molecular weight excluding hydrogens is 200 g/mol. The van der Waals surface area contributed by atoms with Crippen molar-refractivity contribution >= 4 is 0 Å². The molecule has 1 unspecified atom stereocenters. The minimum atomic E-state index is -0.182. The Morgan fingerprint density at radius 2 is 1.69 bits per heavy atom. The van der Waals surface area contributed by atoms with Crippen molar-refractivity contribution in [2.45, 2.75) is 59.0 Å². The SMILES string of the molecule is CCCN(CCC)CC(C)(CO)NC(C)C. The first-order valence-corrected chi connectivity index (χ1v) is 6.58. The van der Waals surface area contributed by atoms with E-state index in [0.29, 0.717) is 6.04 Å². The molecule has 0 aliphatic carbocycles. The number of rotatable bonds is 9. The molecule has 3 nitrogen and oxygen atoms in total. The lowest BCUT2D eigenvalue weighted by Crippen LogP contribution is -2.56. The number of hydrogen-bond donors (Lipinski definition) is 2. The Morgan fingerprint density at radius 3 is 2.00 bits per heavy atom. The Morgan fingerprint density at radius 1 is 1.19 bits per heavy atom. The topological polar surface area (TPSA) is 35.5 Å². The van der Waals surface area contributed by atoms with Crippen LogP contribution in [0.1, 0.15) is 47.5 Å². The molecule has 1 atom stereocenters. The normalized spacial score (nSPS) is 15.8. The fraction of sp³-hybridized carbons (Fsp3) is 1.00. The summed E-state index contributed by atoms with van der Waals surface area (Å²) in [6, 6.07) is 0.405. The quantitative estimate of drug-likeness (QED) is 0.634. The van der Waals surface area contributed by atoms with E-state index in [2.05, 4.69) is 44.8 Å². The second-order valence-electron chi connectivity index (χ2n) is 5.29. The summed E-state index contributed by atoms with van der Waals surface area (Å²) in [4.78, 5) is 2.44. The van der Waals surface area contributed by atoms with Gasteiger partial charge in [0.05, 0.1) is 12.1 Å². The molecule has 0 aliphatic rings. The molecule has 0 aromatic carbocycles. The van der Waals surface area contributed by atoms with E-state index in [-0.39, 0.29) is 12.1 Å². The van der Waals surface area contributed by atoms with Crippen LogP contribution in [-0.2, 0) is 0 Å². The Hall–Kier alpha value is -0.120. The minimum absolute atomic E-state index is 0.182. The van der Waals surface area contributed by atoms with Gasteiger partial charge in [0.1, 0.15) is 0 Å². The summed E-state index contributed by atoms with van der Waals surface area (Å²) in [5, 5.41) is 13.0. The van der Waals surface area contributed by atoms with Gasteiger partial charge in [-0.15, -0.1) is 0 Å². The van der Waals surface area contributed by atoms with Gasteiger partial charge in [-0.05, 0) is 32.9 Å². The molecule has 0 radical (unpaired) electrons. The van der Waals surface area contributed by atoms with Crippen molar-refractivity contribution < 1.29 is 5.11 Å². The number of nitrogens with one attached hydrogen (secondary N) is 1. The molecule has 0 fully saturated rings. The van der Waals surface area contributed by atoms with Crippen LogP contribution in [0, 0.1) is 0 Å². The van der Waals surface area contributed by atoms with Crippen LogP contribution in [0.5, 0.6) is 0 Å². The van der Waals surface area contributed by atoms with Crippen molar-refractivity contribution in [3.63, 3.8) is 0 Å². The smallest absolute Gasteiger partial charge is 0.0623 e. The predicted molar refractivity (Wildman–Crippen MR) is 70.8 cm³/mol. The maximum Gasteiger partial charge on any atom is 0.0623 e. The second-order valence-corrected chi connectivity index (χ2v) is 5.29. The van der Waals surface area contributed by atoms with Gasteiger partial charge in [-0.2, -0.15) is 0 Å². The third-order valence-corrected chi connectivity index (χ3v) is 2.64. The van der Waals surface area contributed by atoms with Gasteiger partial charge in [-0.3, -0.25) is 0 Å². The van der Waals surface area contributed by atoms with E-state index in [1.165, 1.54) is 12.8 Å². The van der Waals surface area contributed by atoms with Gasteiger partial charge in [0.15, 0.2) is 0 Å². The summed E-state index contributed by atoms with van der Waals surface area (Å²) < 4.78 is 0. The van der Waals surface area contributed by atoms with Crippen LogP contribution in [0.15, 0.2) is 0 Å². The summed E-state index contributed by atoms with van der Waals surface area (Å²) in [6.07, 6.45) is 2.34. The van der Waals surface area contributed by atoms with Crippen LogP contribution in [0.2, 0.25) is 0 Å². The van der Waals surface area contributed by atoms with E-state index in [1.54, 1.807) is 0 Å². The number of hydrogen-bond acceptors (Lipinski definition) is 3. The van der Waals surface area contributed by atoms with Crippen molar-refractivity contribution in [3.05, 3.63) is 0 Å². The summed E-state index contributed by atoms with van der Waals surface area (Å²) in [5.41, 5.74) is -0.182. The molecule has 0 bridgehead atoms. The summed E-state index contributed by atoms with van der Waals surface area (Å²) in [5.74, 6) is 0. The second kappa shape index (κ2) is 8.04. The maximum absolute atomic E-state index is 9.53. The van der Waals surface area contributed by atoms with Gasteiger partial charge in [-0.1, -0.05) is 27.7 Å². The van der Waals surface area contributed by atoms with Gasteiger partial charge in [0, 0.05) is 12.6 Å². The zero-order valence-corrected chi connectivity index (χ0v) is 11.7. The number of nitrogens with zero attached hydrogens (tertiary/aromatic N) is 1.